The molecule has 4 rings (SSSR count). The lowest BCUT2D eigenvalue weighted by molar-refractivity contribution is -0.143. The van der Waals surface area contributed by atoms with E-state index < -0.39 is 30.0 Å². The highest BCUT2D eigenvalue weighted by atomic mass is 16.5. The zero-order chi connectivity index (χ0) is 27.6. The van der Waals surface area contributed by atoms with Gasteiger partial charge in [0.2, 0.25) is 11.8 Å². The SMILES string of the molecule is O=C(NO)C(O)C(Nc1ccc(-c2ccccc2)cc1)C(=O)NC(Cc1ccccc1)C(=O)N1CCOCC1. The number of anilines is 1. The molecule has 3 aromatic rings. The average molecular weight is 533 g/mol. The van der Waals surface area contributed by atoms with Crippen molar-refractivity contribution in [1.82, 2.24) is 15.7 Å². The molecule has 5 N–H and O–H groups in total. The van der Waals surface area contributed by atoms with E-state index >= 15 is 0 Å². The van der Waals surface area contributed by atoms with E-state index in [1.807, 2.05) is 72.8 Å². The van der Waals surface area contributed by atoms with Crippen molar-refractivity contribution in [3.8, 4) is 11.1 Å². The number of hydrogen-bond donors (Lipinski definition) is 5. The van der Waals surface area contributed by atoms with Gasteiger partial charge in [-0.3, -0.25) is 19.6 Å². The molecule has 0 radical (unpaired) electrons. The molecule has 3 atom stereocenters. The van der Waals surface area contributed by atoms with Crippen LogP contribution < -0.4 is 16.1 Å². The molecule has 10 nitrogen and oxygen atoms in total. The number of hydrogen-bond acceptors (Lipinski definition) is 7. The van der Waals surface area contributed by atoms with Gasteiger partial charge in [-0.15, -0.1) is 0 Å². The Morgan fingerprint density at radius 2 is 1.41 bits per heavy atom. The standard InChI is InChI=1S/C29H32N4O6/c34-26(28(36)32-38)25(30-23-13-11-22(12-14-23)21-9-5-2-6-10-21)27(35)31-24(19-20-7-3-1-4-8-20)29(37)33-15-17-39-18-16-33/h1-14,24-26,30,34,38H,15-19H2,(H,31,35)(H,32,36). The van der Waals surface area contributed by atoms with Crippen molar-refractivity contribution in [1.29, 1.82) is 0 Å². The summed E-state index contributed by atoms with van der Waals surface area (Å²) in [7, 11) is 0. The number of ether oxygens (including phenoxy) is 1. The van der Waals surface area contributed by atoms with Gasteiger partial charge in [-0.25, -0.2) is 5.48 Å². The number of carbonyl (C=O) groups excluding carboxylic acids is 3. The molecule has 3 amide bonds. The number of hydroxylamine groups is 1. The molecular weight excluding hydrogens is 500 g/mol. The fourth-order valence-electron chi connectivity index (χ4n) is 4.39. The maximum absolute atomic E-state index is 13.5. The highest BCUT2D eigenvalue weighted by Crippen LogP contribution is 2.22. The third-order valence-electron chi connectivity index (χ3n) is 6.51. The molecule has 0 bridgehead atoms. The van der Waals surface area contributed by atoms with Gasteiger partial charge in [0.1, 0.15) is 12.1 Å². The Kier molecular flexibility index (Phi) is 9.63. The Labute approximate surface area is 226 Å². The predicted molar refractivity (Wildman–Crippen MR) is 145 cm³/mol. The highest BCUT2D eigenvalue weighted by molar-refractivity contribution is 5.96. The van der Waals surface area contributed by atoms with Crippen molar-refractivity contribution < 1.29 is 29.4 Å². The quantitative estimate of drug-likeness (QED) is 0.197. The second kappa shape index (κ2) is 13.5. The van der Waals surface area contributed by atoms with Gasteiger partial charge in [0.15, 0.2) is 6.10 Å². The van der Waals surface area contributed by atoms with Gasteiger partial charge in [-0.2, -0.15) is 0 Å². The van der Waals surface area contributed by atoms with Crippen LogP contribution in [-0.2, 0) is 25.5 Å². The van der Waals surface area contributed by atoms with Crippen molar-refractivity contribution in [2.24, 2.45) is 0 Å². The molecule has 3 unspecified atom stereocenters. The normalized spacial score (nSPS) is 15.5. The molecule has 39 heavy (non-hydrogen) atoms. The van der Waals surface area contributed by atoms with E-state index in [0.717, 1.165) is 16.7 Å². The summed E-state index contributed by atoms with van der Waals surface area (Å²) in [6.07, 6.45) is -1.73. The molecule has 1 aliphatic heterocycles. The first kappa shape index (κ1) is 27.8. The van der Waals surface area contributed by atoms with Gasteiger partial charge in [-0.05, 0) is 28.8 Å². The van der Waals surface area contributed by atoms with Crippen LogP contribution in [0.15, 0.2) is 84.9 Å². The first-order chi connectivity index (χ1) is 19.0. The van der Waals surface area contributed by atoms with Crippen LogP contribution in [0.3, 0.4) is 0 Å². The van der Waals surface area contributed by atoms with Crippen molar-refractivity contribution in [2.45, 2.75) is 24.6 Å². The van der Waals surface area contributed by atoms with Crippen LogP contribution in [0, 0.1) is 0 Å². The second-order valence-electron chi connectivity index (χ2n) is 9.17. The zero-order valence-corrected chi connectivity index (χ0v) is 21.3. The Morgan fingerprint density at radius 1 is 0.821 bits per heavy atom. The summed E-state index contributed by atoms with van der Waals surface area (Å²) in [5.41, 5.74) is 4.62. The number of aliphatic hydroxyl groups excluding tert-OH is 1. The maximum atomic E-state index is 13.5. The smallest absolute Gasteiger partial charge is 0.274 e. The summed E-state index contributed by atoms with van der Waals surface area (Å²) in [6, 6.07) is 23.6. The van der Waals surface area contributed by atoms with E-state index in [4.69, 9.17) is 9.94 Å². The summed E-state index contributed by atoms with van der Waals surface area (Å²) in [5, 5.41) is 25.3. The third kappa shape index (κ3) is 7.41. The van der Waals surface area contributed by atoms with Gasteiger partial charge in [0, 0.05) is 25.2 Å². The van der Waals surface area contributed by atoms with Crippen molar-refractivity contribution >= 4 is 23.4 Å². The van der Waals surface area contributed by atoms with Crippen LogP contribution in [0.4, 0.5) is 5.69 Å². The van der Waals surface area contributed by atoms with Crippen LogP contribution >= 0.6 is 0 Å². The van der Waals surface area contributed by atoms with E-state index in [9.17, 15) is 19.5 Å². The second-order valence-corrected chi connectivity index (χ2v) is 9.17. The first-order valence-corrected chi connectivity index (χ1v) is 12.7. The molecule has 0 aliphatic carbocycles. The number of rotatable bonds is 10. The van der Waals surface area contributed by atoms with Crippen LogP contribution in [0.2, 0.25) is 0 Å². The summed E-state index contributed by atoms with van der Waals surface area (Å²) < 4.78 is 5.35. The van der Waals surface area contributed by atoms with Crippen molar-refractivity contribution in [3.63, 3.8) is 0 Å². The van der Waals surface area contributed by atoms with E-state index in [0.29, 0.717) is 32.0 Å². The minimum Gasteiger partial charge on any atom is -0.380 e. The Morgan fingerprint density at radius 3 is 2.03 bits per heavy atom. The van der Waals surface area contributed by atoms with Crippen LogP contribution in [0.1, 0.15) is 5.56 Å². The summed E-state index contributed by atoms with van der Waals surface area (Å²) in [6.45, 7) is 1.59. The van der Waals surface area contributed by atoms with Crippen molar-refractivity contribution in [2.75, 3.05) is 31.6 Å². The number of nitrogens with one attached hydrogen (secondary N) is 3. The van der Waals surface area contributed by atoms with Crippen LogP contribution in [0.25, 0.3) is 11.1 Å². The van der Waals surface area contributed by atoms with Crippen molar-refractivity contribution in [3.05, 3.63) is 90.5 Å². The molecular formula is C29H32N4O6. The fraction of sp³-hybridized carbons (Fsp3) is 0.276. The number of aliphatic hydroxyl groups is 1. The van der Waals surface area contributed by atoms with Gasteiger partial charge >= 0.3 is 0 Å². The van der Waals surface area contributed by atoms with Gasteiger partial charge in [0.05, 0.1) is 13.2 Å². The average Bonchev–Trinajstić information content (AvgIpc) is 3.00. The fourth-order valence-corrected chi connectivity index (χ4v) is 4.39. The lowest BCUT2D eigenvalue weighted by Crippen LogP contribution is -2.58. The Hall–Kier alpha value is -4.25. The molecule has 3 aromatic carbocycles. The van der Waals surface area contributed by atoms with Crippen LogP contribution in [0.5, 0.6) is 0 Å². The van der Waals surface area contributed by atoms with Gasteiger partial charge < -0.3 is 25.4 Å². The summed E-state index contributed by atoms with van der Waals surface area (Å²) in [5.74, 6) is -2.23. The highest BCUT2D eigenvalue weighted by Gasteiger charge is 2.36. The van der Waals surface area contributed by atoms with Crippen LogP contribution in [-0.4, -0.2) is 77.4 Å². The van der Waals surface area contributed by atoms with E-state index in [-0.39, 0.29) is 12.3 Å². The molecule has 10 heteroatoms. The van der Waals surface area contributed by atoms with E-state index in [2.05, 4.69) is 10.6 Å². The lowest BCUT2D eigenvalue weighted by atomic mass is 10.0. The molecule has 0 aromatic heterocycles. The van der Waals surface area contributed by atoms with Gasteiger partial charge in [0.25, 0.3) is 5.91 Å². The first-order valence-electron chi connectivity index (χ1n) is 12.7. The topological polar surface area (TPSA) is 140 Å². The number of nitrogens with zero attached hydrogens (tertiary/aromatic N) is 1. The molecule has 0 spiro atoms. The molecule has 1 fully saturated rings. The zero-order valence-electron chi connectivity index (χ0n) is 21.3. The molecule has 1 heterocycles. The largest absolute Gasteiger partial charge is 0.380 e. The summed E-state index contributed by atoms with van der Waals surface area (Å²) in [4.78, 5) is 40.6. The number of amides is 3. The van der Waals surface area contributed by atoms with E-state index in [1.54, 1.807) is 17.0 Å². The molecule has 204 valence electrons. The number of morpholine rings is 1. The lowest BCUT2D eigenvalue weighted by Gasteiger charge is -2.32. The Balaban J connectivity index is 1.55. The maximum Gasteiger partial charge on any atom is 0.274 e. The summed E-state index contributed by atoms with van der Waals surface area (Å²) >= 11 is 0. The third-order valence-corrected chi connectivity index (χ3v) is 6.51. The Bertz CT molecular complexity index is 1230. The number of carbonyl (C=O) groups is 3. The predicted octanol–water partition coefficient (Wildman–Crippen LogP) is 1.59. The van der Waals surface area contributed by atoms with Gasteiger partial charge in [-0.1, -0.05) is 72.8 Å². The molecule has 1 saturated heterocycles. The number of benzene rings is 3. The van der Waals surface area contributed by atoms with E-state index in [1.165, 1.54) is 5.48 Å². The minimum absolute atomic E-state index is 0.212. The molecule has 1 aliphatic rings. The molecule has 0 saturated carbocycles. The minimum atomic E-state index is -1.94. The monoisotopic (exact) mass is 532 g/mol.